The number of amides is 1. The van der Waals surface area contributed by atoms with Crippen molar-refractivity contribution in [3.63, 3.8) is 0 Å². The van der Waals surface area contributed by atoms with Gasteiger partial charge in [-0.25, -0.2) is 0 Å². The highest BCUT2D eigenvalue weighted by Crippen LogP contribution is 2.17. The lowest BCUT2D eigenvalue weighted by Crippen LogP contribution is -2.45. The second-order valence-electron chi connectivity index (χ2n) is 17.6. The quantitative estimate of drug-likeness (QED) is 0.0426. The number of aliphatic hydroxyl groups excluding tert-OH is 2. The van der Waals surface area contributed by atoms with Crippen molar-refractivity contribution in [3.8, 4) is 0 Å². The zero-order valence-corrected chi connectivity index (χ0v) is 37.7. The monoisotopic (exact) mass is 776 g/mol. The summed E-state index contributed by atoms with van der Waals surface area (Å²) in [4.78, 5) is 12.4. The van der Waals surface area contributed by atoms with Gasteiger partial charge in [0, 0.05) is 6.42 Å². The molecule has 0 aromatic heterocycles. The summed E-state index contributed by atoms with van der Waals surface area (Å²) in [6, 6.07) is -0.531. The van der Waals surface area contributed by atoms with E-state index in [-0.39, 0.29) is 12.5 Å². The molecule has 0 aromatic carbocycles. The van der Waals surface area contributed by atoms with E-state index in [4.69, 9.17) is 0 Å². The summed E-state index contributed by atoms with van der Waals surface area (Å²) < 4.78 is 0. The van der Waals surface area contributed by atoms with Crippen molar-refractivity contribution in [2.75, 3.05) is 6.61 Å². The molecular formula is C51H101NO3. The lowest BCUT2D eigenvalue weighted by molar-refractivity contribution is -0.123. The van der Waals surface area contributed by atoms with E-state index in [9.17, 15) is 15.0 Å². The van der Waals surface area contributed by atoms with Gasteiger partial charge in [-0.3, -0.25) is 4.79 Å². The maximum atomic E-state index is 12.4. The second kappa shape index (κ2) is 47.5. The topological polar surface area (TPSA) is 69.6 Å². The van der Waals surface area contributed by atoms with Crippen LogP contribution >= 0.6 is 0 Å². The van der Waals surface area contributed by atoms with Crippen LogP contribution in [0.25, 0.3) is 0 Å². The van der Waals surface area contributed by atoms with E-state index in [2.05, 4.69) is 31.3 Å². The molecule has 2 atom stereocenters. The molecule has 2 unspecified atom stereocenters. The number of allylic oxidation sites excluding steroid dienone is 2. The standard InChI is InChI=1S/C51H101NO3/c1-3-5-7-9-11-13-15-17-18-19-20-21-22-23-24-25-26-27-28-29-30-31-32-33-34-35-37-39-41-43-45-47-51(55)52-49(48-53)50(54)46-44-42-40-38-36-16-14-12-10-8-6-4-2/h23-24,49-50,53-54H,3-22,25-48H2,1-2H3,(H,52,55)/b24-23-. The highest BCUT2D eigenvalue weighted by Gasteiger charge is 2.20. The molecule has 0 saturated carbocycles. The predicted octanol–water partition coefficient (Wildman–Crippen LogP) is 16.2. The molecule has 0 aliphatic rings. The van der Waals surface area contributed by atoms with Gasteiger partial charge in [-0.2, -0.15) is 0 Å². The van der Waals surface area contributed by atoms with E-state index < -0.39 is 12.1 Å². The predicted molar refractivity (Wildman–Crippen MR) is 244 cm³/mol. The summed E-state index contributed by atoms with van der Waals surface area (Å²) in [6.45, 7) is 4.38. The maximum Gasteiger partial charge on any atom is 0.220 e. The molecule has 0 heterocycles. The number of carbonyl (C=O) groups excluding carboxylic acids is 1. The lowest BCUT2D eigenvalue weighted by Gasteiger charge is -2.22. The van der Waals surface area contributed by atoms with Gasteiger partial charge in [0.05, 0.1) is 18.8 Å². The average molecular weight is 776 g/mol. The normalized spacial score (nSPS) is 12.9. The first-order valence-electron chi connectivity index (χ1n) is 25.4. The van der Waals surface area contributed by atoms with Crippen molar-refractivity contribution in [3.05, 3.63) is 12.2 Å². The molecule has 1 amide bonds. The van der Waals surface area contributed by atoms with Crippen molar-refractivity contribution in [1.29, 1.82) is 0 Å². The Balaban J connectivity index is 3.39. The number of unbranched alkanes of at least 4 members (excludes halogenated alkanes) is 38. The molecule has 0 fully saturated rings. The highest BCUT2D eigenvalue weighted by atomic mass is 16.3. The van der Waals surface area contributed by atoms with Crippen LogP contribution in [-0.4, -0.2) is 34.9 Å². The third-order valence-corrected chi connectivity index (χ3v) is 12.0. The Kier molecular flexibility index (Phi) is 46.8. The molecule has 55 heavy (non-hydrogen) atoms. The molecule has 0 radical (unpaired) electrons. The fraction of sp³-hybridized carbons (Fsp3) is 0.941. The van der Waals surface area contributed by atoms with E-state index in [1.54, 1.807) is 0 Å². The van der Waals surface area contributed by atoms with Crippen LogP contribution in [0.3, 0.4) is 0 Å². The molecule has 0 rings (SSSR count). The molecule has 328 valence electrons. The van der Waals surface area contributed by atoms with Crippen LogP contribution in [0.2, 0.25) is 0 Å². The van der Waals surface area contributed by atoms with Gasteiger partial charge >= 0.3 is 0 Å². The fourth-order valence-corrected chi connectivity index (χ4v) is 8.12. The van der Waals surface area contributed by atoms with Crippen LogP contribution in [0.5, 0.6) is 0 Å². The Morgan fingerprint density at radius 2 is 0.691 bits per heavy atom. The largest absolute Gasteiger partial charge is 0.394 e. The molecule has 0 spiro atoms. The Labute approximate surface area is 346 Å². The second-order valence-corrected chi connectivity index (χ2v) is 17.6. The zero-order chi connectivity index (χ0) is 40.0. The molecular weight excluding hydrogens is 675 g/mol. The van der Waals surface area contributed by atoms with Crippen LogP contribution in [0, 0.1) is 0 Å². The summed E-state index contributed by atoms with van der Waals surface area (Å²) in [7, 11) is 0. The molecule has 3 N–H and O–H groups in total. The van der Waals surface area contributed by atoms with Crippen molar-refractivity contribution in [1.82, 2.24) is 5.32 Å². The van der Waals surface area contributed by atoms with Gasteiger partial charge in [-0.05, 0) is 38.5 Å². The van der Waals surface area contributed by atoms with E-state index in [1.165, 1.54) is 238 Å². The summed E-state index contributed by atoms with van der Waals surface area (Å²) in [5, 5.41) is 23.2. The van der Waals surface area contributed by atoms with Crippen LogP contribution in [-0.2, 0) is 4.79 Å². The minimum atomic E-state index is -0.654. The third-order valence-electron chi connectivity index (χ3n) is 12.0. The smallest absolute Gasteiger partial charge is 0.220 e. The van der Waals surface area contributed by atoms with E-state index >= 15 is 0 Å². The fourth-order valence-electron chi connectivity index (χ4n) is 8.12. The van der Waals surface area contributed by atoms with Gasteiger partial charge in [0.1, 0.15) is 0 Å². The Morgan fingerprint density at radius 3 is 1.00 bits per heavy atom. The number of nitrogens with one attached hydrogen (secondary N) is 1. The van der Waals surface area contributed by atoms with Gasteiger partial charge in [-0.1, -0.05) is 257 Å². The Bertz CT molecular complexity index is 754. The number of rotatable bonds is 47. The summed E-state index contributed by atoms with van der Waals surface area (Å²) in [6.07, 6.45) is 60.4. The van der Waals surface area contributed by atoms with E-state index in [0.29, 0.717) is 12.8 Å². The number of hydrogen-bond donors (Lipinski definition) is 3. The Morgan fingerprint density at radius 1 is 0.418 bits per heavy atom. The molecule has 4 nitrogen and oxygen atoms in total. The van der Waals surface area contributed by atoms with Crippen molar-refractivity contribution >= 4 is 5.91 Å². The molecule has 4 heteroatoms. The first kappa shape index (κ1) is 54.1. The summed E-state index contributed by atoms with van der Waals surface area (Å²) in [5.41, 5.74) is 0. The van der Waals surface area contributed by atoms with Crippen LogP contribution in [0.1, 0.15) is 290 Å². The zero-order valence-electron chi connectivity index (χ0n) is 37.7. The molecule has 0 aliphatic heterocycles. The van der Waals surface area contributed by atoms with Gasteiger partial charge < -0.3 is 15.5 Å². The van der Waals surface area contributed by atoms with Crippen molar-refractivity contribution in [2.24, 2.45) is 0 Å². The van der Waals surface area contributed by atoms with Gasteiger partial charge in [-0.15, -0.1) is 0 Å². The minimum absolute atomic E-state index is 0.0275. The number of carbonyl (C=O) groups is 1. The highest BCUT2D eigenvalue weighted by molar-refractivity contribution is 5.76. The summed E-state index contributed by atoms with van der Waals surface area (Å²) >= 11 is 0. The Hall–Kier alpha value is -0.870. The number of hydrogen-bond acceptors (Lipinski definition) is 3. The minimum Gasteiger partial charge on any atom is -0.394 e. The van der Waals surface area contributed by atoms with E-state index in [0.717, 1.165) is 25.7 Å². The SMILES string of the molecule is CCCCCCCCCCCCCC/C=C\CCCCCCCCCCCCCCCCCC(=O)NC(CO)C(O)CCCCCCCCCCCCCC. The van der Waals surface area contributed by atoms with Crippen LogP contribution < -0.4 is 5.32 Å². The van der Waals surface area contributed by atoms with Gasteiger partial charge in [0.2, 0.25) is 5.91 Å². The molecule has 0 aromatic rings. The maximum absolute atomic E-state index is 12.4. The molecule has 0 aliphatic carbocycles. The average Bonchev–Trinajstić information content (AvgIpc) is 3.19. The molecule has 0 bridgehead atoms. The van der Waals surface area contributed by atoms with E-state index in [1.807, 2.05) is 0 Å². The third kappa shape index (κ3) is 44.1. The van der Waals surface area contributed by atoms with Crippen LogP contribution in [0.4, 0.5) is 0 Å². The van der Waals surface area contributed by atoms with Gasteiger partial charge in [0.25, 0.3) is 0 Å². The molecule has 0 saturated heterocycles. The van der Waals surface area contributed by atoms with Gasteiger partial charge in [0.15, 0.2) is 0 Å². The number of aliphatic hydroxyl groups is 2. The lowest BCUT2D eigenvalue weighted by atomic mass is 10.0. The van der Waals surface area contributed by atoms with Crippen molar-refractivity contribution < 1.29 is 15.0 Å². The summed E-state index contributed by atoms with van der Waals surface area (Å²) in [5.74, 6) is -0.0275. The first-order chi connectivity index (χ1) is 27.2. The van der Waals surface area contributed by atoms with Crippen molar-refractivity contribution in [2.45, 2.75) is 302 Å². The van der Waals surface area contributed by atoms with Crippen LogP contribution in [0.15, 0.2) is 12.2 Å². The first-order valence-corrected chi connectivity index (χ1v) is 25.4.